The van der Waals surface area contributed by atoms with E-state index >= 15 is 0 Å². The van der Waals surface area contributed by atoms with E-state index in [4.69, 9.17) is 0 Å². The lowest BCUT2D eigenvalue weighted by molar-refractivity contribution is -0.120. The molecule has 0 aliphatic carbocycles. The fourth-order valence-electron chi connectivity index (χ4n) is 2.91. The van der Waals surface area contributed by atoms with Gasteiger partial charge in [-0.05, 0) is 44.5 Å². The number of hydrogen-bond acceptors (Lipinski definition) is 3. The zero-order chi connectivity index (χ0) is 15.1. The Bertz CT molecular complexity index is 461. The van der Waals surface area contributed by atoms with Gasteiger partial charge in [-0.1, -0.05) is 30.7 Å². The van der Waals surface area contributed by atoms with Gasteiger partial charge >= 0.3 is 0 Å². The number of amides is 1. The fraction of sp³-hybridized carbons (Fsp3) is 0.588. The fourth-order valence-corrected chi connectivity index (χ4v) is 2.91. The van der Waals surface area contributed by atoms with Crippen molar-refractivity contribution in [2.45, 2.75) is 45.3 Å². The molecule has 1 atom stereocenters. The molecule has 1 aliphatic heterocycles. The number of likely N-dealkylation sites (N-methyl/N-ethyl adjacent to an activating group) is 1. The van der Waals surface area contributed by atoms with Crippen molar-refractivity contribution in [3.8, 4) is 0 Å². The van der Waals surface area contributed by atoms with E-state index in [1.165, 1.54) is 36.9 Å². The van der Waals surface area contributed by atoms with Gasteiger partial charge in [0.05, 0.1) is 6.54 Å². The van der Waals surface area contributed by atoms with Crippen LogP contribution >= 0.6 is 0 Å². The van der Waals surface area contributed by atoms with E-state index in [2.05, 4.69) is 40.7 Å². The predicted molar refractivity (Wildman–Crippen MR) is 85.9 cm³/mol. The van der Waals surface area contributed by atoms with Gasteiger partial charge < -0.3 is 10.6 Å². The van der Waals surface area contributed by atoms with Crippen LogP contribution in [0, 0.1) is 0 Å². The largest absolute Gasteiger partial charge is 0.351 e. The summed E-state index contributed by atoms with van der Waals surface area (Å²) in [6.07, 6.45) is 3.94. The Balaban J connectivity index is 1.97. The number of rotatable bonds is 6. The molecule has 4 heteroatoms. The number of piperidine rings is 1. The van der Waals surface area contributed by atoms with Crippen LogP contribution in [0.3, 0.4) is 0 Å². The van der Waals surface area contributed by atoms with Gasteiger partial charge in [0.1, 0.15) is 0 Å². The summed E-state index contributed by atoms with van der Waals surface area (Å²) in [5, 5.41) is 5.84. The second kappa shape index (κ2) is 8.15. The SMILES string of the molecule is CNCC(=O)NCc1ccccc1CN1CCCCC1C. The maximum Gasteiger partial charge on any atom is 0.234 e. The maximum atomic E-state index is 11.6. The van der Waals surface area contributed by atoms with Crippen molar-refractivity contribution < 1.29 is 4.79 Å². The molecule has 1 unspecified atom stereocenters. The van der Waals surface area contributed by atoms with Gasteiger partial charge in [-0.3, -0.25) is 9.69 Å². The Morgan fingerprint density at radius 1 is 1.29 bits per heavy atom. The monoisotopic (exact) mass is 289 g/mol. The topological polar surface area (TPSA) is 44.4 Å². The molecule has 4 nitrogen and oxygen atoms in total. The summed E-state index contributed by atoms with van der Waals surface area (Å²) < 4.78 is 0. The zero-order valence-electron chi connectivity index (χ0n) is 13.2. The Morgan fingerprint density at radius 3 is 2.76 bits per heavy atom. The van der Waals surface area contributed by atoms with Gasteiger partial charge in [-0.25, -0.2) is 0 Å². The number of likely N-dealkylation sites (tertiary alicyclic amines) is 1. The van der Waals surface area contributed by atoms with Crippen molar-refractivity contribution in [2.75, 3.05) is 20.1 Å². The molecule has 0 bridgehead atoms. The summed E-state index contributed by atoms with van der Waals surface area (Å²) in [5.41, 5.74) is 2.55. The molecule has 1 amide bonds. The second-order valence-electron chi connectivity index (χ2n) is 5.89. The maximum absolute atomic E-state index is 11.6. The summed E-state index contributed by atoms with van der Waals surface area (Å²) >= 11 is 0. The van der Waals surface area contributed by atoms with E-state index in [9.17, 15) is 4.79 Å². The molecule has 1 aliphatic rings. The summed E-state index contributed by atoms with van der Waals surface area (Å²) in [5.74, 6) is 0.0404. The number of nitrogens with one attached hydrogen (secondary N) is 2. The van der Waals surface area contributed by atoms with Crippen LogP contribution in [0.1, 0.15) is 37.3 Å². The van der Waals surface area contributed by atoms with Crippen molar-refractivity contribution >= 4 is 5.91 Å². The molecule has 0 saturated carbocycles. The second-order valence-corrected chi connectivity index (χ2v) is 5.89. The van der Waals surface area contributed by atoms with E-state index in [1.54, 1.807) is 7.05 Å². The Labute approximate surface area is 127 Å². The first-order valence-corrected chi connectivity index (χ1v) is 7.93. The van der Waals surface area contributed by atoms with Gasteiger partial charge in [0.15, 0.2) is 0 Å². The third-order valence-electron chi connectivity index (χ3n) is 4.25. The molecule has 0 spiro atoms. The molecule has 21 heavy (non-hydrogen) atoms. The van der Waals surface area contributed by atoms with Gasteiger partial charge in [0, 0.05) is 19.1 Å². The molecule has 1 aromatic rings. The molecule has 1 aromatic carbocycles. The van der Waals surface area contributed by atoms with E-state index < -0.39 is 0 Å². The molecule has 0 radical (unpaired) electrons. The molecule has 1 saturated heterocycles. The lowest BCUT2D eigenvalue weighted by Crippen LogP contribution is -2.37. The minimum atomic E-state index is 0.0404. The summed E-state index contributed by atoms with van der Waals surface area (Å²) in [6, 6.07) is 9.08. The summed E-state index contributed by atoms with van der Waals surface area (Å²) in [7, 11) is 1.78. The first kappa shape index (κ1) is 16.0. The molecular weight excluding hydrogens is 262 g/mol. The normalized spacial score (nSPS) is 19.4. The van der Waals surface area contributed by atoms with E-state index in [0.717, 1.165) is 6.54 Å². The summed E-state index contributed by atoms with van der Waals surface area (Å²) in [6.45, 7) is 5.46. The highest BCUT2D eigenvalue weighted by molar-refractivity contribution is 5.77. The molecule has 1 fully saturated rings. The first-order chi connectivity index (χ1) is 10.2. The smallest absolute Gasteiger partial charge is 0.234 e. The molecule has 116 valence electrons. The van der Waals surface area contributed by atoms with Crippen molar-refractivity contribution in [1.29, 1.82) is 0 Å². The minimum Gasteiger partial charge on any atom is -0.351 e. The van der Waals surface area contributed by atoms with Crippen LogP contribution in [0.5, 0.6) is 0 Å². The number of hydrogen-bond donors (Lipinski definition) is 2. The van der Waals surface area contributed by atoms with Crippen LogP contribution in [0.4, 0.5) is 0 Å². The number of nitrogens with zero attached hydrogens (tertiary/aromatic N) is 1. The van der Waals surface area contributed by atoms with Crippen LogP contribution in [0.15, 0.2) is 24.3 Å². The lowest BCUT2D eigenvalue weighted by Gasteiger charge is -2.33. The van der Waals surface area contributed by atoms with Crippen molar-refractivity contribution in [3.05, 3.63) is 35.4 Å². The highest BCUT2D eigenvalue weighted by Crippen LogP contribution is 2.20. The van der Waals surface area contributed by atoms with Crippen molar-refractivity contribution in [1.82, 2.24) is 15.5 Å². The van der Waals surface area contributed by atoms with Gasteiger partial charge in [0.25, 0.3) is 0 Å². The first-order valence-electron chi connectivity index (χ1n) is 7.93. The number of carbonyl (C=O) groups is 1. The number of benzene rings is 1. The molecular formula is C17H27N3O. The average Bonchev–Trinajstić information content (AvgIpc) is 2.49. The summed E-state index contributed by atoms with van der Waals surface area (Å²) in [4.78, 5) is 14.1. The predicted octanol–water partition coefficient (Wildman–Crippen LogP) is 1.90. The Hall–Kier alpha value is -1.39. The third kappa shape index (κ3) is 4.83. The van der Waals surface area contributed by atoms with Gasteiger partial charge in [-0.15, -0.1) is 0 Å². The zero-order valence-corrected chi connectivity index (χ0v) is 13.2. The minimum absolute atomic E-state index is 0.0404. The van der Waals surface area contributed by atoms with Crippen molar-refractivity contribution in [2.24, 2.45) is 0 Å². The van der Waals surface area contributed by atoms with Crippen LogP contribution in [0.25, 0.3) is 0 Å². The Kier molecular flexibility index (Phi) is 6.21. The van der Waals surface area contributed by atoms with Crippen LogP contribution in [-0.2, 0) is 17.9 Å². The van der Waals surface area contributed by atoms with Gasteiger partial charge in [-0.2, -0.15) is 0 Å². The Morgan fingerprint density at radius 2 is 2.05 bits per heavy atom. The molecule has 0 aromatic heterocycles. The molecule has 1 heterocycles. The quantitative estimate of drug-likeness (QED) is 0.840. The number of carbonyl (C=O) groups excluding carboxylic acids is 1. The van der Waals surface area contributed by atoms with Gasteiger partial charge in [0.2, 0.25) is 5.91 Å². The van der Waals surface area contributed by atoms with E-state index in [0.29, 0.717) is 19.1 Å². The molecule has 2 N–H and O–H groups in total. The average molecular weight is 289 g/mol. The van der Waals surface area contributed by atoms with E-state index in [1.807, 2.05) is 6.07 Å². The third-order valence-corrected chi connectivity index (χ3v) is 4.25. The highest BCUT2D eigenvalue weighted by atomic mass is 16.1. The molecule has 2 rings (SSSR count). The van der Waals surface area contributed by atoms with E-state index in [-0.39, 0.29) is 5.91 Å². The lowest BCUT2D eigenvalue weighted by atomic mass is 10.0. The standard InChI is InChI=1S/C17H27N3O/c1-14-7-5-6-10-20(14)13-16-9-4-3-8-15(16)11-19-17(21)12-18-2/h3-4,8-9,14,18H,5-7,10-13H2,1-2H3,(H,19,21). The van der Waals surface area contributed by atoms with Crippen LogP contribution < -0.4 is 10.6 Å². The van der Waals surface area contributed by atoms with Crippen LogP contribution in [0.2, 0.25) is 0 Å². The van der Waals surface area contributed by atoms with Crippen molar-refractivity contribution in [3.63, 3.8) is 0 Å². The van der Waals surface area contributed by atoms with Crippen LogP contribution in [-0.4, -0.2) is 37.0 Å². The highest BCUT2D eigenvalue weighted by Gasteiger charge is 2.19.